The van der Waals surface area contributed by atoms with Gasteiger partial charge in [-0.25, -0.2) is 4.79 Å². The van der Waals surface area contributed by atoms with Crippen LogP contribution in [0.1, 0.15) is 17.3 Å². The van der Waals surface area contributed by atoms with E-state index in [0.717, 1.165) is 0 Å². The Labute approximate surface area is 99.6 Å². The van der Waals surface area contributed by atoms with E-state index >= 15 is 0 Å². The lowest BCUT2D eigenvalue weighted by atomic mass is 10.1. The molecular formula is C12H12ClNO2. The molecule has 84 valence electrons. The van der Waals surface area contributed by atoms with Gasteiger partial charge in [-0.3, -0.25) is 0 Å². The molecule has 0 radical (unpaired) electrons. The quantitative estimate of drug-likeness (QED) is 0.818. The highest BCUT2D eigenvalue weighted by Crippen LogP contribution is 2.27. The molecule has 0 aliphatic carbocycles. The molecule has 3 nitrogen and oxygen atoms in total. The van der Waals surface area contributed by atoms with Gasteiger partial charge < -0.3 is 10.0 Å². The van der Waals surface area contributed by atoms with Crippen molar-refractivity contribution in [3.63, 3.8) is 0 Å². The summed E-state index contributed by atoms with van der Waals surface area (Å²) < 4.78 is 0. The fourth-order valence-electron chi connectivity index (χ4n) is 1.47. The second kappa shape index (κ2) is 5.43. The maximum Gasteiger partial charge on any atom is 0.339 e. The minimum Gasteiger partial charge on any atom is -0.478 e. The minimum absolute atomic E-state index is 0.0984. The van der Waals surface area contributed by atoms with E-state index < -0.39 is 5.97 Å². The van der Waals surface area contributed by atoms with Crippen LogP contribution in [0.25, 0.3) is 0 Å². The average Bonchev–Trinajstić information content (AvgIpc) is 2.25. The summed E-state index contributed by atoms with van der Waals surface area (Å²) in [6.45, 7) is 2.89. The van der Waals surface area contributed by atoms with Crippen LogP contribution in [0.2, 0.25) is 5.02 Å². The van der Waals surface area contributed by atoms with Crippen LogP contribution >= 0.6 is 11.6 Å². The second-order valence-corrected chi connectivity index (χ2v) is 3.56. The minimum atomic E-state index is -1.05. The Hall–Kier alpha value is -1.66. The van der Waals surface area contributed by atoms with Gasteiger partial charge in [-0.1, -0.05) is 23.6 Å². The van der Waals surface area contributed by atoms with Crippen molar-refractivity contribution in [2.24, 2.45) is 0 Å². The molecule has 1 N–H and O–H groups in total. The molecule has 0 saturated carbocycles. The lowest BCUT2D eigenvalue weighted by Gasteiger charge is -2.22. The van der Waals surface area contributed by atoms with Crippen molar-refractivity contribution in [2.45, 2.75) is 6.92 Å². The van der Waals surface area contributed by atoms with Gasteiger partial charge in [-0.15, -0.1) is 6.42 Å². The summed E-state index contributed by atoms with van der Waals surface area (Å²) in [6, 6.07) is 4.97. The molecule has 0 aliphatic rings. The van der Waals surface area contributed by atoms with Crippen molar-refractivity contribution in [3.05, 3.63) is 28.8 Å². The predicted molar refractivity (Wildman–Crippen MR) is 65.1 cm³/mol. The first-order chi connectivity index (χ1) is 7.61. The van der Waals surface area contributed by atoms with Crippen LogP contribution in [-0.2, 0) is 0 Å². The maximum atomic E-state index is 11.1. The number of halogens is 1. The maximum absolute atomic E-state index is 11.1. The van der Waals surface area contributed by atoms with Crippen LogP contribution in [0.15, 0.2) is 18.2 Å². The van der Waals surface area contributed by atoms with Crippen LogP contribution in [0.3, 0.4) is 0 Å². The number of rotatable bonds is 4. The SMILES string of the molecule is C#CCN(CC)c1cccc(Cl)c1C(=O)O. The van der Waals surface area contributed by atoms with Gasteiger partial charge in [0.05, 0.1) is 17.3 Å². The number of anilines is 1. The van der Waals surface area contributed by atoms with E-state index in [2.05, 4.69) is 5.92 Å². The van der Waals surface area contributed by atoms with E-state index in [9.17, 15) is 4.79 Å². The molecule has 0 saturated heterocycles. The van der Waals surface area contributed by atoms with Crippen LogP contribution in [0.4, 0.5) is 5.69 Å². The third kappa shape index (κ3) is 2.47. The van der Waals surface area contributed by atoms with Crippen molar-refractivity contribution in [2.75, 3.05) is 18.0 Å². The smallest absolute Gasteiger partial charge is 0.339 e. The van der Waals surface area contributed by atoms with E-state index in [0.29, 0.717) is 18.8 Å². The number of aromatic carboxylic acids is 1. The topological polar surface area (TPSA) is 40.5 Å². The first kappa shape index (κ1) is 12.4. The van der Waals surface area contributed by atoms with Crippen LogP contribution in [0.5, 0.6) is 0 Å². The van der Waals surface area contributed by atoms with Gasteiger partial charge in [0.1, 0.15) is 5.56 Å². The molecule has 0 aliphatic heterocycles. The summed E-state index contributed by atoms with van der Waals surface area (Å²) in [5, 5.41) is 9.32. The Balaban J connectivity index is 3.27. The van der Waals surface area contributed by atoms with E-state index in [1.54, 1.807) is 23.1 Å². The van der Waals surface area contributed by atoms with Crippen molar-refractivity contribution in [1.29, 1.82) is 0 Å². The second-order valence-electron chi connectivity index (χ2n) is 3.16. The van der Waals surface area contributed by atoms with Crippen molar-refractivity contribution < 1.29 is 9.90 Å². The standard InChI is InChI=1S/C12H12ClNO2/c1-3-8-14(4-2)10-7-5-6-9(13)11(10)12(15)16/h1,5-7H,4,8H2,2H3,(H,15,16). The predicted octanol–water partition coefficient (Wildman–Crippen LogP) is 2.50. The van der Waals surface area contributed by atoms with Crippen LogP contribution in [-0.4, -0.2) is 24.2 Å². The molecule has 4 heteroatoms. The number of carbonyl (C=O) groups is 1. The molecule has 1 aromatic rings. The first-order valence-electron chi connectivity index (χ1n) is 4.82. The normalized spacial score (nSPS) is 9.56. The third-order valence-electron chi connectivity index (χ3n) is 2.21. The molecule has 1 aromatic carbocycles. The summed E-state index contributed by atoms with van der Waals surface area (Å²) in [6.07, 6.45) is 5.23. The average molecular weight is 238 g/mol. The number of carboxylic acid groups (broad SMARTS) is 1. The Bertz CT molecular complexity index is 437. The molecule has 0 atom stereocenters. The lowest BCUT2D eigenvalue weighted by Crippen LogP contribution is -2.25. The monoisotopic (exact) mass is 237 g/mol. The summed E-state index contributed by atoms with van der Waals surface area (Å²) in [4.78, 5) is 12.9. The van der Waals surface area contributed by atoms with E-state index in [1.165, 1.54) is 0 Å². The fraction of sp³-hybridized carbons (Fsp3) is 0.250. The highest BCUT2D eigenvalue weighted by Gasteiger charge is 2.17. The molecule has 0 fully saturated rings. The van der Waals surface area contributed by atoms with Gasteiger partial charge in [-0.2, -0.15) is 0 Å². The molecule has 0 heterocycles. The molecule has 0 amide bonds. The van der Waals surface area contributed by atoms with E-state index in [-0.39, 0.29) is 10.6 Å². The summed E-state index contributed by atoms with van der Waals surface area (Å²) in [5.41, 5.74) is 0.654. The Morgan fingerprint density at radius 3 is 2.81 bits per heavy atom. The zero-order valence-electron chi connectivity index (χ0n) is 8.90. The van der Waals surface area contributed by atoms with Gasteiger partial charge in [0.2, 0.25) is 0 Å². The number of hydrogen-bond acceptors (Lipinski definition) is 2. The Kier molecular flexibility index (Phi) is 4.21. The van der Waals surface area contributed by atoms with Crippen molar-refractivity contribution in [1.82, 2.24) is 0 Å². The number of benzene rings is 1. The molecule has 0 bridgehead atoms. The number of nitrogens with zero attached hydrogens (tertiary/aromatic N) is 1. The van der Waals surface area contributed by atoms with Gasteiger partial charge in [-0.05, 0) is 19.1 Å². The highest BCUT2D eigenvalue weighted by atomic mass is 35.5. The summed E-state index contributed by atoms with van der Waals surface area (Å²) in [5.74, 6) is 1.45. The van der Waals surface area contributed by atoms with E-state index in [1.807, 2.05) is 6.92 Å². The van der Waals surface area contributed by atoms with Gasteiger partial charge >= 0.3 is 5.97 Å². The zero-order valence-corrected chi connectivity index (χ0v) is 9.66. The van der Waals surface area contributed by atoms with Gasteiger partial charge in [0, 0.05) is 6.54 Å². The first-order valence-corrected chi connectivity index (χ1v) is 5.19. The molecule has 0 aromatic heterocycles. The molecule has 0 spiro atoms. The van der Waals surface area contributed by atoms with Crippen molar-refractivity contribution in [3.8, 4) is 12.3 Å². The molecule has 1 rings (SSSR count). The number of terminal acetylenes is 1. The number of hydrogen-bond donors (Lipinski definition) is 1. The van der Waals surface area contributed by atoms with Crippen LogP contribution < -0.4 is 4.90 Å². The summed E-state index contributed by atoms with van der Waals surface area (Å²) in [7, 11) is 0. The lowest BCUT2D eigenvalue weighted by molar-refractivity contribution is 0.0698. The van der Waals surface area contributed by atoms with Gasteiger partial charge in [0.15, 0.2) is 0 Å². The Morgan fingerprint density at radius 2 is 2.31 bits per heavy atom. The number of carboxylic acids is 1. The molecule has 16 heavy (non-hydrogen) atoms. The molecule has 0 unspecified atom stereocenters. The van der Waals surface area contributed by atoms with E-state index in [4.69, 9.17) is 23.1 Å². The summed E-state index contributed by atoms with van der Waals surface area (Å²) >= 11 is 5.87. The fourth-order valence-corrected chi connectivity index (χ4v) is 1.72. The van der Waals surface area contributed by atoms with Crippen LogP contribution in [0, 0.1) is 12.3 Å². The van der Waals surface area contributed by atoms with Crippen molar-refractivity contribution >= 4 is 23.3 Å². The third-order valence-corrected chi connectivity index (χ3v) is 2.53. The van der Waals surface area contributed by atoms with Gasteiger partial charge in [0.25, 0.3) is 0 Å². The largest absolute Gasteiger partial charge is 0.478 e. The Morgan fingerprint density at radius 1 is 1.62 bits per heavy atom. The molecular weight excluding hydrogens is 226 g/mol. The highest BCUT2D eigenvalue weighted by molar-refractivity contribution is 6.34. The zero-order chi connectivity index (χ0) is 12.1.